The first-order chi connectivity index (χ1) is 15.6. The van der Waals surface area contributed by atoms with Gasteiger partial charge in [-0.1, -0.05) is 19.1 Å². The van der Waals surface area contributed by atoms with E-state index in [1.165, 1.54) is 12.1 Å². The highest BCUT2D eigenvalue weighted by Gasteiger charge is 2.39. The van der Waals surface area contributed by atoms with Crippen molar-refractivity contribution in [3.63, 3.8) is 0 Å². The molecule has 0 saturated heterocycles. The third-order valence-electron chi connectivity index (χ3n) is 6.14. The van der Waals surface area contributed by atoms with E-state index >= 15 is 0 Å². The van der Waals surface area contributed by atoms with Crippen LogP contribution in [0.4, 0.5) is 13.2 Å². The van der Waals surface area contributed by atoms with Gasteiger partial charge in [0, 0.05) is 17.6 Å². The Morgan fingerprint density at radius 2 is 2.00 bits per heavy atom. The number of fused-ring (bicyclic) bond motifs is 1. The number of rotatable bonds is 6. The Balaban J connectivity index is 1.80. The number of hydrogen-bond acceptors (Lipinski definition) is 4. The Labute approximate surface area is 190 Å². The van der Waals surface area contributed by atoms with Gasteiger partial charge in [-0.3, -0.25) is 4.98 Å². The van der Waals surface area contributed by atoms with Gasteiger partial charge in [0.25, 0.3) is 0 Å². The highest BCUT2D eigenvalue weighted by atomic mass is 32.2. The summed E-state index contributed by atoms with van der Waals surface area (Å²) in [5, 5.41) is 10.7. The summed E-state index contributed by atoms with van der Waals surface area (Å²) in [4.78, 5) is 3.89. The van der Waals surface area contributed by atoms with E-state index in [2.05, 4.69) is 28.6 Å². The molecule has 0 aliphatic heterocycles. The van der Waals surface area contributed by atoms with Crippen molar-refractivity contribution in [3.8, 4) is 17.5 Å². The van der Waals surface area contributed by atoms with Crippen LogP contribution in [0.2, 0.25) is 0 Å². The Bertz CT molecular complexity index is 1340. The summed E-state index contributed by atoms with van der Waals surface area (Å²) in [5.41, 5.74) is 3.52. The van der Waals surface area contributed by atoms with Gasteiger partial charge >= 0.3 is 6.18 Å². The molecule has 1 saturated carbocycles. The zero-order valence-electron chi connectivity index (χ0n) is 18.1. The number of benzene rings is 1. The topological polar surface area (TPSA) is 87.8 Å². The van der Waals surface area contributed by atoms with Crippen LogP contribution in [-0.2, 0) is 16.4 Å². The third kappa shape index (κ3) is 4.23. The van der Waals surface area contributed by atoms with E-state index in [1.54, 1.807) is 4.72 Å². The molecule has 0 spiro atoms. The molecule has 33 heavy (non-hydrogen) atoms. The Morgan fingerprint density at radius 1 is 1.27 bits per heavy atom. The zero-order valence-corrected chi connectivity index (χ0v) is 19.0. The summed E-state index contributed by atoms with van der Waals surface area (Å²) in [7, 11) is -4.42. The van der Waals surface area contributed by atoms with Crippen molar-refractivity contribution in [1.29, 1.82) is 5.26 Å². The molecule has 1 fully saturated rings. The fraction of sp³-hybridized carbons (Fsp3) is 0.391. The molecule has 2 aromatic heterocycles. The molecule has 0 bridgehead atoms. The number of alkyl halides is 3. The predicted octanol–water partition coefficient (Wildman–Crippen LogP) is 5.09. The van der Waals surface area contributed by atoms with E-state index in [-0.39, 0.29) is 10.9 Å². The van der Waals surface area contributed by atoms with Crippen molar-refractivity contribution in [2.24, 2.45) is 0 Å². The summed E-state index contributed by atoms with van der Waals surface area (Å²) < 4.78 is 66.9. The molecule has 2 heterocycles. The molecule has 1 atom stereocenters. The van der Waals surface area contributed by atoms with Crippen molar-refractivity contribution in [3.05, 3.63) is 47.7 Å². The molecule has 1 aliphatic rings. The standard InChI is InChI=1S/C23H23F3N4O2S/c1-3-15-7-9-18-19(12-27)22(30(21(18)11-15)16-5-4-6-16)20-10-8-17(13-28-20)33(31,32)29-14(2)23(24,25)26/h7-11,13-14,16,29H,3-6H2,1-2H3/t14-/m0/s1. The van der Waals surface area contributed by atoms with E-state index in [9.17, 15) is 26.9 Å². The maximum atomic E-state index is 12.8. The minimum atomic E-state index is -4.71. The number of sulfonamides is 1. The SMILES string of the molecule is CCc1ccc2c(C#N)c(-c3ccc(S(=O)(=O)N[C@@H](C)C(F)(F)F)cn3)n(C3CCC3)c2c1. The average molecular weight is 477 g/mol. The molecule has 0 amide bonds. The van der Waals surface area contributed by atoms with Crippen LogP contribution in [0.5, 0.6) is 0 Å². The zero-order chi connectivity index (χ0) is 24.0. The summed E-state index contributed by atoms with van der Waals surface area (Å²) in [5.74, 6) is 0. The van der Waals surface area contributed by atoms with Gasteiger partial charge in [0.15, 0.2) is 0 Å². The number of hydrogen-bond donors (Lipinski definition) is 1. The number of nitriles is 1. The Hall–Kier alpha value is -2.90. The third-order valence-corrected chi connectivity index (χ3v) is 7.67. The van der Waals surface area contributed by atoms with Crippen molar-refractivity contribution in [2.75, 3.05) is 0 Å². The van der Waals surface area contributed by atoms with Crippen LogP contribution < -0.4 is 4.72 Å². The number of aryl methyl sites for hydroxylation is 1. The van der Waals surface area contributed by atoms with Gasteiger partial charge in [-0.2, -0.15) is 23.2 Å². The van der Waals surface area contributed by atoms with Crippen LogP contribution in [0, 0.1) is 11.3 Å². The van der Waals surface area contributed by atoms with Crippen LogP contribution in [-0.4, -0.2) is 30.2 Å². The molecule has 0 radical (unpaired) electrons. The quantitative estimate of drug-likeness (QED) is 0.537. The lowest BCUT2D eigenvalue weighted by Crippen LogP contribution is -2.42. The summed E-state index contributed by atoms with van der Waals surface area (Å²) in [6.45, 7) is 2.79. The smallest absolute Gasteiger partial charge is 0.335 e. The molecule has 1 N–H and O–H groups in total. The molecule has 174 valence electrons. The van der Waals surface area contributed by atoms with E-state index in [4.69, 9.17) is 0 Å². The van der Waals surface area contributed by atoms with Gasteiger partial charge in [0.05, 0.1) is 22.5 Å². The maximum Gasteiger partial charge on any atom is 0.404 e. The fourth-order valence-electron chi connectivity index (χ4n) is 4.01. The summed E-state index contributed by atoms with van der Waals surface area (Å²) in [6, 6.07) is 8.87. The lowest BCUT2D eigenvalue weighted by Gasteiger charge is -2.30. The normalized spacial score (nSPS) is 15.9. The second-order valence-electron chi connectivity index (χ2n) is 8.26. The van der Waals surface area contributed by atoms with Gasteiger partial charge in [-0.25, -0.2) is 8.42 Å². The largest absolute Gasteiger partial charge is 0.404 e. The Kier molecular flexibility index (Phi) is 5.97. The van der Waals surface area contributed by atoms with Crippen LogP contribution >= 0.6 is 0 Å². The number of pyridine rings is 1. The van der Waals surface area contributed by atoms with Crippen molar-refractivity contribution in [2.45, 2.75) is 62.7 Å². The monoisotopic (exact) mass is 476 g/mol. The molecule has 1 aromatic carbocycles. The average Bonchev–Trinajstić information content (AvgIpc) is 3.04. The molecule has 4 rings (SSSR count). The fourth-order valence-corrected chi connectivity index (χ4v) is 5.19. The van der Waals surface area contributed by atoms with Crippen molar-refractivity contribution < 1.29 is 21.6 Å². The first kappa shape index (κ1) is 23.3. The van der Waals surface area contributed by atoms with Gasteiger partial charge in [-0.15, -0.1) is 0 Å². The van der Waals surface area contributed by atoms with Crippen molar-refractivity contribution in [1.82, 2.24) is 14.3 Å². The molecule has 1 aliphatic carbocycles. The molecular formula is C23H23F3N4O2S. The molecule has 6 nitrogen and oxygen atoms in total. The maximum absolute atomic E-state index is 12.8. The van der Waals surface area contributed by atoms with Crippen molar-refractivity contribution >= 4 is 20.9 Å². The number of nitrogens with one attached hydrogen (secondary N) is 1. The predicted molar refractivity (Wildman–Crippen MR) is 118 cm³/mol. The van der Waals surface area contributed by atoms with Crippen LogP contribution in [0.15, 0.2) is 41.4 Å². The van der Waals surface area contributed by atoms with E-state index in [0.29, 0.717) is 17.0 Å². The minimum Gasteiger partial charge on any atom is -0.335 e. The van der Waals surface area contributed by atoms with Gasteiger partial charge in [0.2, 0.25) is 10.0 Å². The first-order valence-corrected chi connectivity index (χ1v) is 12.2. The highest BCUT2D eigenvalue weighted by molar-refractivity contribution is 7.89. The molecular weight excluding hydrogens is 453 g/mol. The summed E-state index contributed by atoms with van der Waals surface area (Å²) >= 11 is 0. The van der Waals surface area contributed by atoms with E-state index < -0.39 is 22.2 Å². The molecule has 10 heteroatoms. The van der Waals surface area contributed by atoms with Gasteiger partial charge in [-0.05, 0) is 56.4 Å². The lowest BCUT2D eigenvalue weighted by molar-refractivity contribution is -0.147. The Morgan fingerprint density at radius 3 is 2.52 bits per heavy atom. The summed E-state index contributed by atoms with van der Waals surface area (Å²) in [6.07, 6.45) is 0.169. The first-order valence-electron chi connectivity index (χ1n) is 10.7. The van der Waals surface area contributed by atoms with E-state index in [0.717, 1.165) is 55.3 Å². The van der Waals surface area contributed by atoms with Gasteiger partial charge in [0.1, 0.15) is 17.0 Å². The molecule has 3 aromatic rings. The minimum absolute atomic E-state index is 0.205. The van der Waals surface area contributed by atoms with Crippen LogP contribution in [0.3, 0.4) is 0 Å². The number of nitrogens with zero attached hydrogens (tertiary/aromatic N) is 3. The number of aromatic nitrogens is 2. The molecule has 0 unspecified atom stereocenters. The van der Waals surface area contributed by atoms with Crippen LogP contribution in [0.25, 0.3) is 22.3 Å². The lowest BCUT2D eigenvalue weighted by atomic mass is 9.92. The highest BCUT2D eigenvalue weighted by Crippen LogP contribution is 2.42. The number of halogens is 3. The second-order valence-corrected chi connectivity index (χ2v) is 9.97. The van der Waals surface area contributed by atoms with Crippen LogP contribution in [0.1, 0.15) is 50.3 Å². The van der Waals surface area contributed by atoms with Gasteiger partial charge < -0.3 is 4.57 Å². The second kappa shape index (κ2) is 8.47. The van der Waals surface area contributed by atoms with E-state index in [1.807, 2.05) is 12.1 Å².